The molecule has 0 radical (unpaired) electrons. The van der Waals surface area contributed by atoms with Gasteiger partial charge in [-0.25, -0.2) is 4.99 Å². The Kier molecular flexibility index (Phi) is 3.84. The molecular formula is C16H11FN2O4. The van der Waals surface area contributed by atoms with Crippen LogP contribution in [0.4, 0.5) is 15.8 Å². The van der Waals surface area contributed by atoms with E-state index in [0.717, 1.165) is 17.7 Å². The van der Waals surface area contributed by atoms with Crippen LogP contribution in [0.15, 0.2) is 47.5 Å². The number of ether oxygens (including phenoxy) is 1. The molecule has 0 unspecified atom stereocenters. The molecule has 0 fully saturated rings. The zero-order valence-corrected chi connectivity index (χ0v) is 11.9. The van der Waals surface area contributed by atoms with Crippen molar-refractivity contribution in [2.75, 3.05) is 6.61 Å². The minimum absolute atomic E-state index is 0.104. The fourth-order valence-electron chi connectivity index (χ4n) is 2.24. The van der Waals surface area contributed by atoms with Crippen LogP contribution in [0.1, 0.15) is 5.56 Å². The monoisotopic (exact) mass is 314 g/mol. The summed E-state index contributed by atoms with van der Waals surface area (Å²) in [5.74, 6) is -1.00. The second kappa shape index (κ2) is 5.96. The lowest BCUT2D eigenvalue weighted by Gasteiger charge is -2.14. The summed E-state index contributed by atoms with van der Waals surface area (Å²) in [5.41, 5.74) is 1.11. The van der Waals surface area contributed by atoms with E-state index in [4.69, 9.17) is 4.74 Å². The van der Waals surface area contributed by atoms with Gasteiger partial charge in [0.25, 0.3) is 0 Å². The van der Waals surface area contributed by atoms with E-state index in [1.165, 1.54) is 6.07 Å². The van der Waals surface area contributed by atoms with E-state index in [1.54, 1.807) is 6.07 Å². The van der Waals surface area contributed by atoms with Gasteiger partial charge in [0.1, 0.15) is 18.1 Å². The second-order valence-corrected chi connectivity index (χ2v) is 4.95. The molecule has 3 rings (SSSR count). The summed E-state index contributed by atoms with van der Waals surface area (Å²) in [5, 5.41) is 10.7. The van der Waals surface area contributed by atoms with E-state index >= 15 is 0 Å². The Labute approximate surface area is 130 Å². The van der Waals surface area contributed by atoms with Gasteiger partial charge in [0.05, 0.1) is 16.7 Å². The Morgan fingerprint density at radius 2 is 2.04 bits per heavy atom. The summed E-state index contributed by atoms with van der Waals surface area (Å²) < 4.78 is 18.6. The minimum atomic E-state index is -0.942. The van der Waals surface area contributed by atoms with E-state index in [9.17, 15) is 19.3 Å². The Morgan fingerprint density at radius 1 is 1.26 bits per heavy atom. The van der Waals surface area contributed by atoms with E-state index in [2.05, 4.69) is 4.99 Å². The van der Waals surface area contributed by atoms with Gasteiger partial charge in [0, 0.05) is 6.42 Å². The Hall–Kier alpha value is -3.09. The SMILES string of the molecule is O=C1Cc2ccccc2N=C1COc1ccc(F)c([N+](=O)[O-])c1. The second-order valence-electron chi connectivity index (χ2n) is 4.95. The van der Waals surface area contributed by atoms with Gasteiger partial charge in [-0.05, 0) is 23.8 Å². The van der Waals surface area contributed by atoms with Gasteiger partial charge in [-0.3, -0.25) is 14.9 Å². The topological polar surface area (TPSA) is 81.8 Å². The molecular weight excluding hydrogens is 303 g/mol. The lowest BCUT2D eigenvalue weighted by Crippen LogP contribution is -2.26. The molecule has 0 saturated heterocycles. The van der Waals surface area contributed by atoms with Gasteiger partial charge in [-0.2, -0.15) is 4.39 Å². The first-order chi connectivity index (χ1) is 11.0. The number of Topliss-reactive ketones (excluding diaryl/α,β-unsaturated/α-hetero) is 1. The van der Waals surface area contributed by atoms with Gasteiger partial charge in [0.15, 0.2) is 5.78 Å². The highest BCUT2D eigenvalue weighted by Gasteiger charge is 2.21. The van der Waals surface area contributed by atoms with Crippen molar-refractivity contribution in [1.29, 1.82) is 0 Å². The minimum Gasteiger partial charge on any atom is -0.487 e. The maximum atomic E-state index is 13.3. The van der Waals surface area contributed by atoms with Crippen molar-refractivity contribution in [3.63, 3.8) is 0 Å². The molecule has 2 aromatic rings. The van der Waals surface area contributed by atoms with Crippen LogP contribution in [0.2, 0.25) is 0 Å². The maximum Gasteiger partial charge on any atom is 0.308 e. The van der Waals surface area contributed by atoms with Gasteiger partial charge >= 0.3 is 5.69 Å². The van der Waals surface area contributed by atoms with E-state index in [1.807, 2.05) is 18.2 Å². The first kappa shape index (κ1) is 14.8. The molecule has 116 valence electrons. The molecule has 0 aromatic heterocycles. The first-order valence-corrected chi connectivity index (χ1v) is 6.80. The molecule has 0 amide bonds. The molecule has 0 bridgehead atoms. The molecule has 1 aliphatic heterocycles. The molecule has 0 atom stereocenters. The molecule has 0 spiro atoms. The number of nitro groups is 1. The predicted molar refractivity (Wildman–Crippen MR) is 80.8 cm³/mol. The average molecular weight is 314 g/mol. The molecule has 0 aliphatic carbocycles. The number of halogens is 1. The number of nitrogens with zero attached hydrogens (tertiary/aromatic N) is 2. The van der Waals surface area contributed by atoms with Crippen LogP contribution in [-0.4, -0.2) is 23.0 Å². The largest absolute Gasteiger partial charge is 0.487 e. The lowest BCUT2D eigenvalue weighted by atomic mass is 10.0. The fraction of sp³-hybridized carbons (Fsp3) is 0.125. The van der Waals surface area contributed by atoms with Crippen molar-refractivity contribution in [3.8, 4) is 5.75 Å². The van der Waals surface area contributed by atoms with Crippen molar-refractivity contribution < 1.29 is 18.8 Å². The van der Waals surface area contributed by atoms with Gasteiger partial charge in [-0.1, -0.05) is 18.2 Å². The number of para-hydroxylation sites is 1. The summed E-state index contributed by atoms with van der Waals surface area (Å²) in [6, 6.07) is 10.5. The molecule has 1 aliphatic rings. The van der Waals surface area contributed by atoms with E-state index in [-0.39, 0.29) is 30.3 Å². The van der Waals surface area contributed by atoms with Crippen molar-refractivity contribution >= 4 is 22.9 Å². The number of fused-ring (bicyclic) bond motifs is 1. The molecule has 6 nitrogen and oxygen atoms in total. The summed E-state index contributed by atoms with van der Waals surface area (Å²) >= 11 is 0. The summed E-state index contributed by atoms with van der Waals surface area (Å²) in [6.45, 7) is -0.129. The molecule has 1 heterocycles. The first-order valence-electron chi connectivity index (χ1n) is 6.80. The van der Waals surface area contributed by atoms with Crippen LogP contribution in [0.5, 0.6) is 5.75 Å². The Balaban J connectivity index is 1.79. The smallest absolute Gasteiger partial charge is 0.308 e. The standard InChI is InChI=1S/C16H11FN2O4/c17-12-6-5-11(8-15(12)19(21)22)23-9-14-16(20)7-10-3-1-2-4-13(10)18-14/h1-6,8H,7,9H2. The number of carbonyl (C=O) groups is 1. The third-order valence-corrected chi connectivity index (χ3v) is 3.41. The van der Waals surface area contributed by atoms with Crippen LogP contribution in [0.25, 0.3) is 0 Å². The highest BCUT2D eigenvalue weighted by Crippen LogP contribution is 2.25. The van der Waals surface area contributed by atoms with Gasteiger partial charge in [-0.15, -0.1) is 0 Å². The predicted octanol–water partition coefficient (Wildman–Crippen LogP) is 3.01. The van der Waals surface area contributed by atoms with E-state index in [0.29, 0.717) is 5.69 Å². The Morgan fingerprint density at radius 3 is 2.83 bits per heavy atom. The van der Waals surface area contributed by atoms with Gasteiger partial charge in [0.2, 0.25) is 5.82 Å². The van der Waals surface area contributed by atoms with Crippen molar-refractivity contribution in [2.24, 2.45) is 4.99 Å². The third-order valence-electron chi connectivity index (χ3n) is 3.41. The number of hydrogen-bond acceptors (Lipinski definition) is 5. The highest BCUT2D eigenvalue weighted by molar-refractivity contribution is 6.42. The molecule has 0 N–H and O–H groups in total. The molecule has 2 aromatic carbocycles. The molecule has 7 heteroatoms. The zero-order valence-electron chi connectivity index (χ0n) is 11.9. The van der Waals surface area contributed by atoms with Crippen molar-refractivity contribution in [1.82, 2.24) is 0 Å². The number of aliphatic imine (C=N–C) groups is 1. The van der Waals surface area contributed by atoms with Crippen LogP contribution in [0.3, 0.4) is 0 Å². The van der Waals surface area contributed by atoms with Crippen LogP contribution in [-0.2, 0) is 11.2 Å². The quantitative estimate of drug-likeness (QED) is 0.641. The summed E-state index contributed by atoms with van der Waals surface area (Å²) in [6.07, 6.45) is 0.238. The average Bonchev–Trinajstić information content (AvgIpc) is 2.53. The number of nitro benzene ring substituents is 1. The number of hydrogen-bond donors (Lipinski definition) is 0. The lowest BCUT2D eigenvalue weighted by molar-refractivity contribution is -0.387. The number of ketones is 1. The molecule has 23 heavy (non-hydrogen) atoms. The normalized spacial score (nSPS) is 13.3. The molecule has 0 saturated carbocycles. The Bertz CT molecular complexity index is 833. The van der Waals surface area contributed by atoms with Crippen molar-refractivity contribution in [2.45, 2.75) is 6.42 Å². The highest BCUT2D eigenvalue weighted by atomic mass is 19.1. The fourth-order valence-corrected chi connectivity index (χ4v) is 2.24. The summed E-state index contributed by atoms with van der Waals surface area (Å²) in [7, 11) is 0. The maximum absolute atomic E-state index is 13.3. The van der Waals surface area contributed by atoms with E-state index < -0.39 is 16.4 Å². The summed E-state index contributed by atoms with van der Waals surface area (Å²) in [4.78, 5) is 26.1. The third kappa shape index (κ3) is 3.08. The van der Waals surface area contributed by atoms with Crippen LogP contribution >= 0.6 is 0 Å². The van der Waals surface area contributed by atoms with Crippen molar-refractivity contribution in [3.05, 3.63) is 64.0 Å². The zero-order chi connectivity index (χ0) is 16.4. The van der Waals surface area contributed by atoms with Gasteiger partial charge < -0.3 is 4.74 Å². The number of benzene rings is 2. The number of carbonyl (C=O) groups excluding carboxylic acids is 1. The number of rotatable bonds is 4. The van der Waals surface area contributed by atoms with Crippen LogP contribution < -0.4 is 4.74 Å². The van der Waals surface area contributed by atoms with Crippen LogP contribution in [0, 0.1) is 15.9 Å².